The van der Waals surface area contributed by atoms with Crippen LogP contribution >= 0.6 is 0 Å². The van der Waals surface area contributed by atoms with Gasteiger partial charge in [0.05, 0.1) is 17.7 Å². The molecule has 0 bridgehead atoms. The maximum atomic E-state index is 12.8. The van der Waals surface area contributed by atoms with Crippen molar-refractivity contribution in [3.05, 3.63) is 65.2 Å². The van der Waals surface area contributed by atoms with Gasteiger partial charge in [0.1, 0.15) is 5.75 Å². The van der Waals surface area contributed by atoms with Crippen LogP contribution in [0.3, 0.4) is 0 Å². The van der Waals surface area contributed by atoms with Crippen molar-refractivity contribution in [1.82, 2.24) is 4.90 Å². The molecule has 2 aromatic carbocycles. The molecule has 1 amide bonds. The number of hydrogen-bond donors (Lipinski definition) is 0. The van der Waals surface area contributed by atoms with Gasteiger partial charge in [-0.2, -0.15) is 14.0 Å². The topological polar surface area (TPSA) is 53.3 Å². The van der Waals surface area contributed by atoms with Crippen LogP contribution in [0.5, 0.6) is 5.75 Å². The molecule has 0 saturated carbocycles. The van der Waals surface area contributed by atoms with Gasteiger partial charge in [0.15, 0.2) is 0 Å². The van der Waals surface area contributed by atoms with Crippen molar-refractivity contribution < 1.29 is 18.3 Å². The van der Waals surface area contributed by atoms with Gasteiger partial charge in [-0.15, -0.1) is 0 Å². The molecule has 0 N–H and O–H groups in total. The first-order valence-corrected chi connectivity index (χ1v) is 7.82. The molecule has 0 radical (unpaired) electrons. The molecule has 0 heterocycles. The second kappa shape index (κ2) is 8.25. The van der Waals surface area contributed by atoms with Crippen molar-refractivity contribution in [3.63, 3.8) is 0 Å². The van der Waals surface area contributed by atoms with E-state index in [1.165, 1.54) is 18.2 Å². The summed E-state index contributed by atoms with van der Waals surface area (Å²) in [6, 6.07) is 14.6. The van der Waals surface area contributed by atoms with Crippen LogP contribution < -0.4 is 4.74 Å². The number of nitriles is 1. The van der Waals surface area contributed by atoms with Gasteiger partial charge in [-0.3, -0.25) is 4.79 Å². The fourth-order valence-corrected chi connectivity index (χ4v) is 2.58. The lowest BCUT2D eigenvalue weighted by Crippen LogP contribution is -2.33. The molecule has 0 aromatic heterocycles. The summed E-state index contributed by atoms with van der Waals surface area (Å²) >= 11 is 0. The van der Waals surface area contributed by atoms with Crippen molar-refractivity contribution in [2.75, 3.05) is 6.54 Å². The molecule has 2 aromatic rings. The van der Waals surface area contributed by atoms with Crippen LogP contribution in [-0.4, -0.2) is 24.0 Å². The summed E-state index contributed by atoms with van der Waals surface area (Å²) in [5, 5.41) is 8.87. The monoisotopic (exact) mass is 344 g/mol. The van der Waals surface area contributed by atoms with Crippen LogP contribution in [0.4, 0.5) is 8.78 Å². The van der Waals surface area contributed by atoms with Gasteiger partial charge in [0.25, 0.3) is 5.91 Å². The Morgan fingerprint density at radius 1 is 1.24 bits per heavy atom. The lowest BCUT2D eigenvalue weighted by Gasteiger charge is -2.28. The van der Waals surface area contributed by atoms with E-state index in [0.717, 1.165) is 5.56 Å². The van der Waals surface area contributed by atoms with Crippen molar-refractivity contribution in [3.8, 4) is 11.8 Å². The summed E-state index contributed by atoms with van der Waals surface area (Å²) in [7, 11) is 0. The van der Waals surface area contributed by atoms with E-state index in [-0.39, 0.29) is 23.3 Å². The maximum Gasteiger partial charge on any atom is 0.387 e. The van der Waals surface area contributed by atoms with Crippen LogP contribution in [0.1, 0.15) is 41.4 Å². The van der Waals surface area contributed by atoms with E-state index in [4.69, 9.17) is 5.26 Å². The number of rotatable bonds is 6. The predicted molar refractivity (Wildman–Crippen MR) is 89.4 cm³/mol. The largest absolute Gasteiger partial charge is 0.435 e. The van der Waals surface area contributed by atoms with Crippen molar-refractivity contribution in [2.24, 2.45) is 0 Å². The SMILES string of the molecule is CCN(C(=O)c1cccc(OC(F)F)c1)C(C)c1ccc(C#N)cc1. The van der Waals surface area contributed by atoms with E-state index in [9.17, 15) is 13.6 Å². The minimum absolute atomic E-state index is 0.0528. The average Bonchev–Trinajstić information content (AvgIpc) is 2.62. The second-order valence-electron chi connectivity index (χ2n) is 5.41. The molecule has 0 fully saturated rings. The molecular weight excluding hydrogens is 326 g/mol. The van der Waals surface area contributed by atoms with E-state index in [2.05, 4.69) is 10.8 Å². The van der Waals surface area contributed by atoms with E-state index in [0.29, 0.717) is 12.1 Å². The number of alkyl halides is 2. The number of amides is 1. The first-order chi connectivity index (χ1) is 12.0. The van der Waals surface area contributed by atoms with Gasteiger partial charge >= 0.3 is 6.61 Å². The normalized spacial score (nSPS) is 11.7. The van der Waals surface area contributed by atoms with Gasteiger partial charge in [-0.05, 0) is 49.7 Å². The molecule has 4 nitrogen and oxygen atoms in total. The molecule has 0 saturated heterocycles. The summed E-state index contributed by atoms with van der Waals surface area (Å²) in [5.41, 5.74) is 1.71. The van der Waals surface area contributed by atoms with Gasteiger partial charge in [0.2, 0.25) is 0 Å². The zero-order valence-electron chi connectivity index (χ0n) is 13.9. The Morgan fingerprint density at radius 2 is 1.92 bits per heavy atom. The van der Waals surface area contributed by atoms with Crippen molar-refractivity contribution >= 4 is 5.91 Å². The lowest BCUT2D eigenvalue weighted by molar-refractivity contribution is -0.0499. The molecule has 2 rings (SSSR count). The fraction of sp³-hybridized carbons (Fsp3) is 0.263. The number of hydrogen-bond acceptors (Lipinski definition) is 3. The third-order valence-corrected chi connectivity index (χ3v) is 3.90. The molecular formula is C19H18F2N2O2. The molecule has 0 aliphatic heterocycles. The summed E-state index contributed by atoms with van der Waals surface area (Å²) in [5.74, 6) is -0.331. The molecule has 25 heavy (non-hydrogen) atoms. The molecule has 0 aliphatic rings. The Hall–Kier alpha value is -2.94. The minimum Gasteiger partial charge on any atom is -0.435 e. The zero-order valence-corrected chi connectivity index (χ0v) is 13.9. The first-order valence-electron chi connectivity index (χ1n) is 7.82. The van der Waals surface area contributed by atoms with E-state index < -0.39 is 6.61 Å². The zero-order chi connectivity index (χ0) is 18.4. The van der Waals surface area contributed by atoms with Crippen LogP contribution in [0.15, 0.2) is 48.5 Å². The highest BCUT2D eigenvalue weighted by Crippen LogP contribution is 2.24. The van der Waals surface area contributed by atoms with E-state index in [1.807, 2.05) is 13.8 Å². The van der Waals surface area contributed by atoms with Gasteiger partial charge in [0, 0.05) is 12.1 Å². The standard InChI is InChI=1S/C19H18F2N2O2/c1-3-23(13(2)15-9-7-14(12-22)8-10-15)18(24)16-5-4-6-17(11-16)25-19(20)21/h4-11,13,19H,3H2,1-2H3. The summed E-state index contributed by atoms with van der Waals surface area (Å²) in [4.78, 5) is 14.4. The predicted octanol–water partition coefficient (Wildman–Crippen LogP) is 4.38. The molecule has 1 atom stereocenters. The smallest absolute Gasteiger partial charge is 0.387 e. The molecule has 6 heteroatoms. The van der Waals surface area contributed by atoms with Crippen molar-refractivity contribution in [2.45, 2.75) is 26.5 Å². The average molecular weight is 344 g/mol. The van der Waals surface area contributed by atoms with Gasteiger partial charge < -0.3 is 9.64 Å². The first kappa shape index (κ1) is 18.4. The number of ether oxygens (including phenoxy) is 1. The summed E-state index contributed by atoms with van der Waals surface area (Å²) in [6.07, 6.45) is 0. The van der Waals surface area contributed by atoms with E-state index in [1.54, 1.807) is 35.2 Å². The Bertz CT molecular complexity index is 770. The Balaban J connectivity index is 2.23. The van der Waals surface area contributed by atoms with Gasteiger partial charge in [-0.25, -0.2) is 0 Å². The Labute approximate surface area is 145 Å². The number of nitrogens with zero attached hydrogens (tertiary/aromatic N) is 2. The minimum atomic E-state index is -2.94. The maximum absolute atomic E-state index is 12.8. The number of carbonyl (C=O) groups excluding carboxylic acids is 1. The highest BCUT2D eigenvalue weighted by atomic mass is 19.3. The quantitative estimate of drug-likeness (QED) is 0.781. The highest BCUT2D eigenvalue weighted by Gasteiger charge is 2.22. The van der Waals surface area contributed by atoms with Gasteiger partial charge in [-0.1, -0.05) is 18.2 Å². The van der Waals surface area contributed by atoms with Crippen molar-refractivity contribution in [1.29, 1.82) is 5.26 Å². The number of halogens is 2. The van der Waals surface area contributed by atoms with Crippen LogP contribution in [-0.2, 0) is 0 Å². The highest BCUT2D eigenvalue weighted by molar-refractivity contribution is 5.94. The Morgan fingerprint density at radius 3 is 2.48 bits per heavy atom. The van der Waals surface area contributed by atoms with E-state index >= 15 is 0 Å². The Kier molecular flexibility index (Phi) is 6.07. The van der Waals surface area contributed by atoms with Crippen LogP contribution in [0.25, 0.3) is 0 Å². The fourth-order valence-electron chi connectivity index (χ4n) is 2.58. The summed E-state index contributed by atoms with van der Waals surface area (Å²) in [6.45, 7) is 1.23. The van der Waals surface area contributed by atoms with Crippen LogP contribution in [0.2, 0.25) is 0 Å². The molecule has 0 spiro atoms. The lowest BCUT2D eigenvalue weighted by atomic mass is 10.0. The number of carbonyl (C=O) groups is 1. The summed E-state index contributed by atoms with van der Waals surface area (Å²) < 4.78 is 29.1. The number of benzene rings is 2. The molecule has 130 valence electrons. The molecule has 0 aliphatic carbocycles. The third-order valence-electron chi connectivity index (χ3n) is 3.90. The second-order valence-corrected chi connectivity index (χ2v) is 5.41. The molecule has 1 unspecified atom stereocenters. The third kappa shape index (κ3) is 4.54. The van der Waals surface area contributed by atoms with Crippen LogP contribution in [0, 0.1) is 11.3 Å².